The fourth-order valence-electron chi connectivity index (χ4n) is 2.67. The van der Waals surface area contributed by atoms with Crippen LogP contribution in [0.2, 0.25) is 0 Å². The van der Waals surface area contributed by atoms with Gasteiger partial charge in [-0.3, -0.25) is 4.79 Å². The molecule has 0 bridgehead atoms. The van der Waals surface area contributed by atoms with Crippen molar-refractivity contribution in [3.8, 4) is 0 Å². The molecule has 1 aromatic carbocycles. The molecule has 3 rings (SSSR count). The summed E-state index contributed by atoms with van der Waals surface area (Å²) in [4.78, 5) is 22.1. The van der Waals surface area contributed by atoms with Crippen molar-refractivity contribution in [1.29, 1.82) is 0 Å². The number of nitrogens with zero attached hydrogens (tertiary/aromatic N) is 4. The lowest BCUT2D eigenvalue weighted by atomic mass is 10.2. The minimum atomic E-state index is -3.37. The van der Waals surface area contributed by atoms with Gasteiger partial charge in [0.25, 0.3) is 0 Å². The number of amides is 1. The molecular formula is C17H20N4O3S2. The normalized spacial score (nSPS) is 15.8. The maximum atomic E-state index is 12.5. The fraction of sp³-hybridized carbons (Fsp3) is 0.353. The van der Waals surface area contributed by atoms with Gasteiger partial charge in [-0.1, -0.05) is 42.1 Å². The average molecular weight is 393 g/mol. The minimum absolute atomic E-state index is 0.0109. The van der Waals surface area contributed by atoms with Gasteiger partial charge in [0, 0.05) is 38.6 Å². The Labute approximate surface area is 157 Å². The summed E-state index contributed by atoms with van der Waals surface area (Å²) in [5.41, 5.74) is 0.769. The second kappa shape index (κ2) is 8.61. The lowest BCUT2D eigenvalue weighted by molar-refractivity contribution is -0.129. The third kappa shape index (κ3) is 5.03. The van der Waals surface area contributed by atoms with Crippen LogP contribution in [0.1, 0.15) is 5.56 Å². The number of hydrogen-bond acceptors (Lipinski definition) is 6. The van der Waals surface area contributed by atoms with Crippen LogP contribution in [-0.2, 0) is 20.6 Å². The van der Waals surface area contributed by atoms with Crippen LogP contribution in [-0.4, -0.2) is 65.4 Å². The van der Waals surface area contributed by atoms with Crippen molar-refractivity contribution in [2.45, 2.75) is 10.9 Å². The molecule has 1 aliphatic rings. The Bertz CT molecular complexity index is 824. The van der Waals surface area contributed by atoms with Gasteiger partial charge in [-0.05, 0) is 11.6 Å². The molecule has 0 spiro atoms. The zero-order chi connectivity index (χ0) is 18.4. The summed E-state index contributed by atoms with van der Waals surface area (Å²) in [7, 11) is -3.37. The fourth-order valence-corrected chi connectivity index (χ4v) is 4.89. The standard InChI is InChI=1S/C17H20N4O3S2/c22-16(13-25-17-18-7-4-8-19-17)20-9-11-21(12-10-20)26(23,24)14-15-5-2-1-3-6-15/h1-8H,9-14H2. The highest BCUT2D eigenvalue weighted by Crippen LogP contribution is 2.16. The molecule has 0 aliphatic carbocycles. The van der Waals surface area contributed by atoms with E-state index < -0.39 is 10.0 Å². The number of hydrogen-bond donors (Lipinski definition) is 0. The SMILES string of the molecule is O=C(CSc1ncccn1)N1CCN(S(=O)(=O)Cc2ccccc2)CC1. The summed E-state index contributed by atoms with van der Waals surface area (Å²) < 4.78 is 26.6. The molecule has 1 aliphatic heterocycles. The van der Waals surface area contributed by atoms with Crippen LogP contribution < -0.4 is 0 Å². The third-order valence-electron chi connectivity index (χ3n) is 4.04. The Morgan fingerprint density at radius 1 is 1.00 bits per heavy atom. The smallest absolute Gasteiger partial charge is 0.233 e. The summed E-state index contributed by atoms with van der Waals surface area (Å²) in [6, 6.07) is 10.9. The maximum Gasteiger partial charge on any atom is 0.233 e. The molecule has 0 N–H and O–H groups in total. The van der Waals surface area contributed by atoms with Gasteiger partial charge < -0.3 is 4.90 Å². The molecule has 2 heterocycles. The van der Waals surface area contributed by atoms with Gasteiger partial charge in [0.1, 0.15) is 0 Å². The second-order valence-corrected chi connectivity index (χ2v) is 8.75. The molecule has 2 aromatic rings. The van der Waals surface area contributed by atoms with E-state index in [4.69, 9.17) is 0 Å². The molecule has 9 heteroatoms. The number of sulfonamides is 1. The van der Waals surface area contributed by atoms with Crippen molar-refractivity contribution in [3.05, 3.63) is 54.4 Å². The first kappa shape index (κ1) is 18.8. The number of carbonyl (C=O) groups excluding carboxylic acids is 1. The van der Waals surface area contributed by atoms with Gasteiger partial charge in [0.05, 0.1) is 11.5 Å². The molecule has 0 radical (unpaired) electrons. The second-order valence-electron chi connectivity index (χ2n) is 5.84. The van der Waals surface area contributed by atoms with Gasteiger partial charge >= 0.3 is 0 Å². The molecule has 0 saturated carbocycles. The average Bonchev–Trinajstić information content (AvgIpc) is 2.67. The zero-order valence-electron chi connectivity index (χ0n) is 14.2. The Kier molecular flexibility index (Phi) is 6.23. The Balaban J connectivity index is 1.49. The van der Waals surface area contributed by atoms with E-state index in [0.717, 1.165) is 5.56 Å². The first-order valence-electron chi connectivity index (χ1n) is 8.24. The Hall–Kier alpha value is -1.97. The predicted molar refractivity (Wildman–Crippen MR) is 100.0 cm³/mol. The molecule has 0 atom stereocenters. The largest absolute Gasteiger partial charge is 0.339 e. The predicted octanol–water partition coefficient (Wildman–Crippen LogP) is 1.24. The molecule has 1 amide bonds. The highest BCUT2D eigenvalue weighted by atomic mass is 32.2. The van der Waals surface area contributed by atoms with E-state index >= 15 is 0 Å². The van der Waals surface area contributed by atoms with Crippen LogP contribution in [0.4, 0.5) is 0 Å². The quantitative estimate of drug-likeness (QED) is 0.543. The van der Waals surface area contributed by atoms with Crippen LogP contribution >= 0.6 is 11.8 Å². The van der Waals surface area contributed by atoms with Crippen LogP contribution in [0, 0.1) is 0 Å². The van der Waals surface area contributed by atoms with Gasteiger partial charge in [-0.25, -0.2) is 18.4 Å². The molecule has 1 saturated heterocycles. The number of aromatic nitrogens is 2. The molecule has 1 fully saturated rings. The van der Waals surface area contributed by atoms with E-state index in [2.05, 4.69) is 9.97 Å². The van der Waals surface area contributed by atoms with Crippen LogP contribution in [0.15, 0.2) is 53.9 Å². The van der Waals surface area contributed by atoms with E-state index in [0.29, 0.717) is 31.3 Å². The van der Waals surface area contributed by atoms with Crippen molar-refractivity contribution in [2.24, 2.45) is 0 Å². The monoisotopic (exact) mass is 392 g/mol. The summed E-state index contributed by atoms with van der Waals surface area (Å²) in [5, 5.41) is 0.560. The van der Waals surface area contributed by atoms with Crippen LogP contribution in [0.25, 0.3) is 0 Å². The van der Waals surface area contributed by atoms with Gasteiger partial charge in [0.15, 0.2) is 5.16 Å². The highest BCUT2D eigenvalue weighted by Gasteiger charge is 2.28. The topological polar surface area (TPSA) is 83.5 Å². The molecule has 1 aromatic heterocycles. The van der Waals surface area contributed by atoms with Crippen molar-refractivity contribution in [2.75, 3.05) is 31.9 Å². The van der Waals surface area contributed by atoms with E-state index in [1.54, 1.807) is 35.5 Å². The van der Waals surface area contributed by atoms with Crippen molar-refractivity contribution < 1.29 is 13.2 Å². The van der Waals surface area contributed by atoms with Gasteiger partial charge in [0.2, 0.25) is 15.9 Å². The van der Waals surface area contributed by atoms with Crippen molar-refractivity contribution in [3.63, 3.8) is 0 Å². The third-order valence-corrected chi connectivity index (χ3v) is 6.75. The summed E-state index contributed by atoms with van der Waals surface area (Å²) in [6.07, 6.45) is 3.27. The lowest BCUT2D eigenvalue weighted by Crippen LogP contribution is -2.51. The molecule has 0 unspecified atom stereocenters. The number of carbonyl (C=O) groups is 1. The molecule has 138 valence electrons. The number of rotatable bonds is 6. The Morgan fingerprint density at radius 3 is 2.31 bits per heavy atom. The van der Waals surface area contributed by atoms with Crippen LogP contribution in [0.3, 0.4) is 0 Å². The van der Waals surface area contributed by atoms with E-state index in [-0.39, 0.29) is 17.4 Å². The first-order valence-corrected chi connectivity index (χ1v) is 10.8. The number of thioether (sulfide) groups is 1. The first-order chi connectivity index (χ1) is 12.5. The summed E-state index contributed by atoms with van der Waals surface area (Å²) in [6.45, 7) is 1.47. The van der Waals surface area contributed by atoms with E-state index in [1.807, 2.05) is 18.2 Å². The van der Waals surface area contributed by atoms with Crippen molar-refractivity contribution >= 4 is 27.7 Å². The number of benzene rings is 1. The molecule has 26 heavy (non-hydrogen) atoms. The molecule has 7 nitrogen and oxygen atoms in total. The minimum Gasteiger partial charge on any atom is -0.339 e. The van der Waals surface area contributed by atoms with Crippen molar-refractivity contribution in [1.82, 2.24) is 19.2 Å². The van der Waals surface area contributed by atoms with E-state index in [1.165, 1.54) is 16.1 Å². The van der Waals surface area contributed by atoms with Gasteiger partial charge in [-0.2, -0.15) is 4.31 Å². The zero-order valence-corrected chi connectivity index (χ0v) is 15.8. The number of piperazine rings is 1. The van der Waals surface area contributed by atoms with Gasteiger partial charge in [-0.15, -0.1) is 0 Å². The molecular weight excluding hydrogens is 372 g/mol. The van der Waals surface area contributed by atoms with Crippen LogP contribution in [0.5, 0.6) is 0 Å². The summed E-state index contributed by atoms with van der Waals surface area (Å²) in [5.74, 6) is 0.214. The highest BCUT2D eigenvalue weighted by molar-refractivity contribution is 7.99. The summed E-state index contributed by atoms with van der Waals surface area (Å²) >= 11 is 1.29. The lowest BCUT2D eigenvalue weighted by Gasteiger charge is -2.34. The Morgan fingerprint density at radius 2 is 1.65 bits per heavy atom. The van der Waals surface area contributed by atoms with E-state index in [9.17, 15) is 13.2 Å². The maximum absolute atomic E-state index is 12.5.